The predicted octanol–water partition coefficient (Wildman–Crippen LogP) is 1.53. The highest BCUT2D eigenvalue weighted by atomic mass is 14.9. The van der Waals surface area contributed by atoms with Crippen LogP contribution in [0.4, 0.5) is 0 Å². The molecular weight excluding hydrogens is 112 g/mol. The van der Waals surface area contributed by atoms with Crippen LogP contribution in [0.15, 0.2) is 12.5 Å². The lowest BCUT2D eigenvalue weighted by atomic mass is 10.3. The minimum atomic E-state index is 0.760. The molecule has 1 aliphatic rings. The Hall–Kier alpha value is -0.790. The van der Waals surface area contributed by atoms with Gasteiger partial charge >= 0.3 is 0 Å². The van der Waals surface area contributed by atoms with Crippen molar-refractivity contribution in [3.05, 3.63) is 18.2 Å². The first-order valence-electron chi connectivity index (χ1n) is 3.36. The third-order valence-electron chi connectivity index (χ3n) is 2.01. The lowest BCUT2D eigenvalue weighted by Crippen LogP contribution is -1.77. The number of aromatic amines is 1. The average molecular weight is 122 g/mol. The zero-order chi connectivity index (χ0) is 6.27. The summed E-state index contributed by atoms with van der Waals surface area (Å²) in [7, 11) is 0. The largest absolute Gasteiger partial charge is 0.351 e. The monoisotopic (exact) mass is 122 g/mol. The zero-order valence-corrected chi connectivity index (χ0v) is 5.46. The maximum Gasteiger partial charge on any atom is 0.0923 e. The molecule has 2 nitrogen and oxygen atoms in total. The first-order valence-corrected chi connectivity index (χ1v) is 3.36. The molecule has 0 bridgehead atoms. The first kappa shape index (κ1) is 5.03. The minimum Gasteiger partial charge on any atom is -0.351 e. The number of imidazole rings is 1. The Morgan fingerprint density at radius 1 is 1.78 bits per heavy atom. The van der Waals surface area contributed by atoms with E-state index in [0.717, 1.165) is 11.8 Å². The third kappa shape index (κ3) is 0.745. The second-order valence-electron chi connectivity index (χ2n) is 2.81. The Labute approximate surface area is 54.3 Å². The SMILES string of the molecule is CC1CC1c1c[nH]cn1. The molecule has 1 N–H and O–H groups in total. The molecule has 1 aromatic heterocycles. The predicted molar refractivity (Wildman–Crippen MR) is 35.1 cm³/mol. The highest BCUT2D eigenvalue weighted by Crippen LogP contribution is 2.45. The third-order valence-corrected chi connectivity index (χ3v) is 2.01. The van der Waals surface area contributed by atoms with Crippen molar-refractivity contribution < 1.29 is 0 Å². The molecule has 2 unspecified atom stereocenters. The van der Waals surface area contributed by atoms with Gasteiger partial charge < -0.3 is 4.98 Å². The lowest BCUT2D eigenvalue weighted by Gasteiger charge is -1.84. The van der Waals surface area contributed by atoms with E-state index in [1.807, 2.05) is 6.20 Å². The van der Waals surface area contributed by atoms with Gasteiger partial charge in [0.25, 0.3) is 0 Å². The Balaban J connectivity index is 2.18. The van der Waals surface area contributed by atoms with E-state index in [-0.39, 0.29) is 0 Å². The van der Waals surface area contributed by atoms with Gasteiger partial charge in [0.15, 0.2) is 0 Å². The van der Waals surface area contributed by atoms with E-state index in [1.165, 1.54) is 12.1 Å². The van der Waals surface area contributed by atoms with Gasteiger partial charge in [0.2, 0.25) is 0 Å². The molecule has 2 heteroatoms. The number of rotatable bonds is 1. The van der Waals surface area contributed by atoms with Crippen LogP contribution in [-0.4, -0.2) is 9.97 Å². The van der Waals surface area contributed by atoms with Gasteiger partial charge in [-0.1, -0.05) is 6.92 Å². The summed E-state index contributed by atoms with van der Waals surface area (Å²) < 4.78 is 0. The number of H-pyrrole nitrogens is 1. The quantitative estimate of drug-likeness (QED) is 0.601. The van der Waals surface area contributed by atoms with Gasteiger partial charge in [-0.2, -0.15) is 0 Å². The summed E-state index contributed by atoms with van der Waals surface area (Å²) in [6, 6.07) is 0. The van der Waals surface area contributed by atoms with Crippen molar-refractivity contribution in [1.82, 2.24) is 9.97 Å². The van der Waals surface area contributed by atoms with E-state index in [2.05, 4.69) is 16.9 Å². The van der Waals surface area contributed by atoms with Crippen LogP contribution in [0.1, 0.15) is 25.0 Å². The number of aromatic nitrogens is 2. The highest BCUT2D eigenvalue weighted by Gasteiger charge is 2.35. The van der Waals surface area contributed by atoms with E-state index in [9.17, 15) is 0 Å². The standard InChI is InChI=1S/C7H10N2/c1-5-2-6(5)7-3-8-4-9-7/h3-6H,2H2,1H3,(H,8,9). The maximum absolute atomic E-state index is 4.17. The van der Waals surface area contributed by atoms with Crippen LogP contribution in [0.25, 0.3) is 0 Å². The molecular formula is C7H10N2. The molecule has 0 aromatic carbocycles. The number of hydrogen-bond donors (Lipinski definition) is 1. The van der Waals surface area contributed by atoms with Gasteiger partial charge in [0, 0.05) is 12.1 Å². The molecule has 0 aliphatic heterocycles. The van der Waals surface area contributed by atoms with Crippen LogP contribution in [0.3, 0.4) is 0 Å². The van der Waals surface area contributed by atoms with Crippen molar-refractivity contribution in [3.63, 3.8) is 0 Å². The molecule has 0 saturated heterocycles. The van der Waals surface area contributed by atoms with Crippen LogP contribution in [-0.2, 0) is 0 Å². The van der Waals surface area contributed by atoms with Gasteiger partial charge in [0.1, 0.15) is 0 Å². The summed E-state index contributed by atoms with van der Waals surface area (Å²) in [4.78, 5) is 7.13. The molecule has 1 aliphatic carbocycles. The summed E-state index contributed by atoms with van der Waals surface area (Å²) in [5.74, 6) is 1.63. The second kappa shape index (κ2) is 1.59. The molecule has 1 saturated carbocycles. The van der Waals surface area contributed by atoms with Crippen LogP contribution < -0.4 is 0 Å². The van der Waals surface area contributed by atoms with Crippen molar-refractivity contribution in [2.24, 2.45) is 5.92 Å². The van der Waals surface area contributed by atoms with Crippen LogP contribution in [0.2, 0.25) is 0 Å². The Bertz CT molecular complexity index is 191. The molecule has 0 amide bonds. The molecule has 0 spiro atoms. The molecule has 2 atom stereocenters. The molecule has 48 valence electrons. The van der Waals surface area contributed by atoms with Gasteiger partial charge in [0.05, 0.1) is 12.0 Å². The van der Waals surface area contributed by atoms with Crippen LogP contribution in [0, 0.1) is 5.92 Å². The fourth-order valence-electron chi connectivity index (χ4n) is 1.21. The number of nitrogens with one attached hydrogen (secondary N) is 1. The number of hydrogen-bond acceptors (Lipinski definition) is 1. The van der Waals surface area contributed by atoms with Crippen molar-refractivity contribution in [3.8, 4) is 0 Å². The topological polar surface area (TPSA) is 28.7 Å². The Kier molecular flexibility index (Phi) is 0.891. The highest BCUT2D eigenvalue weighted by molar-refractivity contribution is 5.13. The van der Waals surface area contributed by atoms with Gasteiger partial charge in [-0.05, 0) is 12.3 Å². The minimum absolute atomic E-state index is 0.760. The van der Waals surface area contributed by atoms with Gasteiger partial charge in [-0.25, -0.2) is 4.98 Å². The molecule has 2 rings (SSSR count). The van der Waals surface area contributed by atoms with Crippen molar-refractivity contribution >= 4 is 0 Å². The fraction of sp³-hybridized carbons (Fsp3) is 0.571. The first-order chi connectivity index (χ1) is 4.38. The van der Waals surface area contributed by atoms with Gasteiger partial charge in [-0.15, -0.1) is 0 Å². The molecule has 1 fully saturated rings. The lowest BCUT2D eigenvalue weighted by molar-refractivity contribution is 0.893. The van der Waals surface area contributed by atoms with E-state index >= 15 is 0 Å². The summed E-state index contributed by atoms with van der Waals surface area (Å²) >= 11 is 0. The van der Waals surface area contributed by atoms with E-state index in [1.54, 1.807) is 6.33 Å². The Morgan fingerprint density at radius 3 is 3.00 bits per heavy atom. The smallest absolute Gasteiger partial charge is 0.0923 e. The van der Waals surface area contributed by atoms with Gasteiger partial charge in [-0.3, -0.25) is 0 Å². The summed E-state index contributed by atoms with van der Waals surface area (Å²) in [6.45, 7) is 2.26. The van der Waals surface area contributed by atoms with Crippen molar-refractivity contribution in [2.75, 3.05) is 0 Å². The molecule has 1 aromatic rings. The van der Waals surface area contributed by atoms with Crippen LogP contribution in [0.5, 0.6) is 0 Å². The van der Waals surface area contributed by atoms with Crippen LogP contribution >= 0.6 is 0 Å². The molecule has 9 heavy (non-hydrogen) atoms. The average Bonchev–Trinajstić information content (AvgIpc) is 2.44. The fourth-order valence-corrected chi connectivity index (χ4v) is 1.21. The summed E-state index contributed by atoms with van der Waals surface area (Å²) in [6.07, 6.45) is 5.07. The second-order valence-corrected chi connectivity index (χ2v) is 2.81. The maximum atomic E-state index is 4.17. The summed E-state index contributed by atoms with van der Waals surface area (Å²) in [5.41, 5.74) is 1.24. The van der Waals surface area contributed by atoms with E-state index in [4.69, 9.17) is 0 Å². The van der Waals surface area contributed by atoms with Crippen molar-refractivity contribution in [1.29, 1.82) is 0 Å². The molecule has 0 radical (unpaired) electrons. The van der Waals surface area contributed by atoms with Crippen molar-refractivity contribution in [2.45, 2.75) is 19.3 Å². The summed E-state index contributed by atoms with van der Waals surface area (Å²) in [5, 5.41) is 0. The zero-order valence-electron chi connectivity index (χ0n) is 5.46. The Morgan fingerprint density at radius 2 is 2.56 bits per heavy atom. The number of nitrogens with zero attached hydrogens (tertiary/aromatic N) is 1. The van der Waals surface area contributed by atoms with E-state index in [0.29, 0.717) is 0 Å². The van der Waals surface area contributed by atoms with E-state index < -0.39 is 0 Å². The normalized spacial score (nSPS) is 32.6. The molecule has 1 heterocycles.